The quantitative estimate of drug-likeness (QED) is 0.154. The normalized spacial score (nSPS) is 25.9. The maximum Gasteiger partial charge on any atom is 0.303 e. The molecule has 45 heavy (non-hydrogen) atoms. The van der Waals surface area contributed by atoms with Gasteiger partial charge in [-0.1, -0.05) is 13.8 Å². The Hall–Kier alpha value is -3.64. The lowest BCUT2D eigenvalue weighted by Gasteiger charge is -2.20. The van der Waals surface area contributed by atoms with Gasteiger partial charge in [-0.3, -0.25) is 19.2 Å². The number of allylic oxidation sites excluding steroid dienone is 2. The lowest BCUT2D eigenvalue weighted by molar-refractivity contribution is -0.138. The molecule has 1 unspecified atom stereocenters. The number of thiol groups is 2. The first-order chi connectivity index (χ1) is 21.2. The zero-order valence-electron chi connectivity index (χ0n) is 26.2. The molecule has 6 N–H and O–H groups in total. The topological polar surface area (TPSA) is 161 Å². The van der Waals surface area contributed by atoms with Crippen LogP contribution in [0, 0.1) is 18.8 Å². The van der Waals surface area contributed by atoms with Crippen molar-refractivity contribution in [1.82, 2.24) is 20.9 Å². The fraction of sp³-hybridized carbons (Fsp3) is 0.455. The van der Waals surface area contributed by atoms with E-state index in [9.17, 15) is 29.4 Å². The first kappa shape index (κ1) is 34.2. The zero-order chi connectivity index (χ0) is 33.2. The van der Waals surface area contributed by atoms with Gasteiger partial charge in [0.15, 0.2) is 0 Å². The summed E-state index contributed by atoms with van der Waals surface area (Å²) in [5.41, 5.74) is 8.05. The zero-order valence-corrected chi connectivity index (χ0v) is 27.9. The monoisotopic (exact) mass is 654 g/mol. The number of carboxylic acid groups (broad SMARTS) is 2. The van der Waals surface area contributed by atoms with Crippen LogP contribution in [0.4, 0.5) is 0 Å². The number of rotatable bonds is 12. The number of nitrogens with one attached hydrogen (secondary N) is 4. The lowest BCUT2D eigenvalue weighted by atomic mass is 9.91. The Morgan fingerprint density at radius 3 is 2.22 bits per heavy atom. The van der Waals surface area contributed by atoms with Crippen LogP contribution in [-0.4, -0.2) is 56.3 Å². The Balaban J connectivity index is 1.74. The largest absolute Gasteiger partial charge is 0.481 e. The van der Waals surface area contributed by atoms with Crippen LogP contribution < -0.4 is 16.0 Å². The molecule has 0 saturated carbocycles. The molecule has 0 bridgehead atoms. The van der Waals surface area contributed by atoms with Gasteiger partial charge in [0.2, 0.25) is 5.91 Å². The number of amides is 2. The average molecular weight is 655 g/mol. The van der Waals surface area contributed by atoms with E-state index in [1.807, 2.05) is 46.8 Å². The molecule has 3 aliphatic rings. The highest BCUT2D eigenvalue weighted by molar-refractivity contribution is 7.83. The summed E-state index contributed by atoms with van der Waals surface area (Å²) in [7, 11) is 0. The van der Waals surface area contributed by atoms with Crippen molar-refractivity contribution in [2.24, 2.45) is 11.8 Å². The minimum absolute atomic E-state index is 0.0530. The number of aromatic nitrogens is 1. The molecule has 2 amide bonds. The molecule has 1 fully saturated rings. The van der Waals surface area contributed by atoms with Crippen LogP contribution in [0.15, 0.2) is 45.2 Å². The number of carbonyl (C=O) groups is 4. The molecular weight excluding hydrogens is 613 g/mol. The van der Waals surface area contributed by atoms with E-state index >= 15 is 0 Å². The molecule has 12 heteroatoms. The molecular formula is C33H42N4O6S2. The molecule has 0 aromatic carbocycles. The molecule has 1 aromatic heterocycles. The second-order valence-electron chi connectivity index (χ2n) is 12.1. The maximum absolute atomic E-state index is 12.5. The van der Waals surface area contributed by atoms with Crippen LogP contribution >= 0.6 is 25.3 Å². The molecule has 3 aliphatic heterocycles. The van der Waals surface area contributed by atoms with Crippen molar-refractivity contribution in [2.45, 2.75) is 84.1 Å². The Labute approximate surface area is 274 Å². The Kier molecular flexibility index (Phi) is 10.8. The van der Waals surface area contributed by atoms with E-state index in [0.717, 1.165) is 44.9 Å². The van der Waals surface area contributed by atoms with Crippen LogP contribution in [0.2, 0.25) is 0 Å². The van der Waals surface area contributed by atoms with Gasteiger partial charge in [0.1, 0.15) is 0 Å². The van der Waals surface area contributed by atoms with E-state index in [-0.39, 0.29) is 60.2 Å². The number of hydrogen-bond acceptors (Lipinski definition) is 7. The summed E-state index contributed by atoms with van der Waals surface area (Å²) >= 11 is 8.74. The maximum atomic E-state index is 12.5. The Morgan fingerprint density at radius 1 is 0.956 bits per heavy atom. The molecule has 0 aliphatic carbocycles. The van der Waals surface area contributed by atoms with Gasteiger partial charge in [-0.15, -0.1) is 0 Å². The summed E-state index contributed by atoms with van der Waals surface area (Å²) in [6.07, 6.45) is 6.55. The smallest absolute Gasteiger partial charge is 0.303 e. The third kappa shape index (κ3) is 7.44. The van der Waals surface area contributed by atoms with Gasteiger partial charge in [0.25, 0.3) is 5.91 Å². The van der Waals surface area contributed by atoms with Crippen molar-refractivity contribution < 1.29 is 29.4 Å². The van der Waals surface area contributed by atoms with Crippen LogP contribution in [0.1, 0.15) is 75.9 Å². The first-order valence-corrected chi connectivity index (χ1v) is 16.1. The second kappa shape index (κ2) is 14.2. The number of H-pyrrole nitrogens is 1. The standard InChI is InChI=1S/C33H42N4O6S2/c1-15-20(6-8-29(38)39)26(34-23(15)12-25-17(3)22(10-11-44)33(43)36-25)14-27-21(7-9-30(40)41)16(2)24(35-27)13-28-31(19(5)45)18(4)32(42)37-28/h10-11,13-14,18-19,23,25,31,34-35,44-45H,6-9,12H2,1-5H3,(H,36,43)(H,37,42)(H,38,39)(H,40,41)/b11-10+,26-14-,28-13-/t18-,19+,23?,25-,31+/m1/s1. The third-order valence-corrected chi connectivity index (χ3v) is 9.65. The van der Waals surface area contributed by atoms with Crippen molar-refractivity contribution in [3.63, 3.8) is 0 Å². The number of carbonyl (C=O) groups excluding carboxylic acids is 2. The van der Waals surface area contributed by atoms with Crippen molar-refractivity contribution in [3.8, 4) is 0 Å². The van der Waals surface area contributed by atoms with Crippen LogP contribution in [0.3, 0.4) is 0 Å². The summed E-state index contributed by atoms with van der Waals surface area (Å²) in [4.78, 5) is 51.7. The van der Waals surface area contributed by atoms with E-state index in [0.29, 0.717) is 24.1 Å². The van der Waals surface area contributed by atoms with Gasteiger partial charge in [0.05, 0.1) is 6.04 Å². The molecule has 1 aromatic rings. The van der Waals surface area contributed by atoms with Crippen molar-refractivity contribution in [2.75, 3.05) is 0 Å². The lowest BCUT2D eigenvalue weighted by Crippen LogP contribution is -2.36. The highest BCUT2D eigenvalue weighted by Crippen LogP contribution is 2.36. The molecule has 0 spiro atoms. The average Bonchev–Trinajstić information content (AvgIpc) is 3.60. The molecule has 4 heterocycles. The summed E-state index contributed by atoms with van der Waals surface area (Å²) in [6.45, 7) is 9.65. The number of carboxylic acids is 2. The minimum atomic E-state index is -0.916. The number of hydrogen-bond donors (Lipinski definition) is 8. The highest BCUT2D eigenvalue weighted by atomic mass is 32.1. The van der Waals surface area contributed by atoms with Crippen LogP contribution in [-0.2, 0) is 25.6 Å². The minimum Gasteiger partial charge on any atom is -0.481 e. The van der Waals surface area contributed by atoms with Crippen LogP contribution in [0.5, 0.6) is 0 Å². The van der Waals surface area contributed by atoms with E-state index < -0.39 is 11.9 Å². The van der Waals surface area contributed by atoms with E-state index in [1.54, 1.807) is 6.08 Å². The number of aliphatic carboxylic acids is 2. The molecule has 0 radical (unpaired) electrons. The van der Waals surface area contributed by atoms with Crippen molar-refractivity contribution in [1.29, 1.82) is 0 Å². The van der Waals surface area contributed by atoms with Gasteiger partial charge in [-0.2, -0.15) is 25.3 Å². The van der Waals surface area contributed by atoms with E-state index in [1.165, 1.54) is 5.41 Å². The second-order valence-corrected chi connectivity index (χ2v) is 13.2. The molecule has 10 nitrogen and oxygen atoms in total. The molecule has 4 rings (SSSR count). The fourth-order valence-corrected chi connectivity index (χ4v) is 7.15. The van der Waals surface area contributed by atoms with Gasteiger partial charge in [0, 0.05) is 64.3 Å². The van der Waals surface area contributed by atoms with Gasteiger partial charge < -0.3 is 31.1 Å². The summed E-state index contributed by atoms with van der Waals surface area (Å²) in [5, 5.41) is 30.0. The summed E-state index contributed by atoms with van der Waals surface area (Å²) in [6, 6.07) is -0.361. The molecule has 242 valence electrons. The first-order valence-electron chi connectivity index (χ1n) is 15.1. The summed E-state index contributed by atoms with van der Waals surface area (Å²) in [5.74, 6) is -2.37. The predicted molar refractivity (Wildman–Crippen MR) is 181 cm³/mol. The highest BCUT2D eigenvalue weighted by Gasteiger charge is 2.38. The third-order valence-electron chi connectivity index (χ3n) is 9.18. The number of aromatic amines is 1. The van der Waals surface area contributed by atoms with E-state index in [4.69, 9.17) is 0 Å². The van der Waals surface area contributed by atoms with E-state index in [2.05, 4.69) is 46.2 Å². The van der Waals surface area contributed by atoms with Crippen molar-refractivity contribution >= 4 is 61.2 Å². The Bertz CT molecular complexity index is 1560. The summed E-state index contributed by atoms with van der Waals surface area (Å²) < 4.78 is 0. The predicted octanol–water partition coefficient (Wildman–Crippen LogP) is 4.52. The Morgan fingerprint density at radius 2 is 1.60 bits per heavy atom. The van der Waals surface area contributed by atoms with Gasteiger partial charge in [-0.05, 0) is 91.5 Å². The SMILES string of the molecule is CC1=C(CCC(=O)O)/C(=C/c2[nH]c(/C=C3\NC(=O)[C@H](C)[C@H]3[C@H](C)S)c(C)c2CCC(=O)O)NC1C[C@H]1NC(=O)C(/C=C/S)=C1C. The van der Waals surface area contributed by atoms with Crippen molar-refractivity contribution in [3.05, 3.63) is 67.7 Å². The molecule has 1 saturated heterocycles. The van der Waals surface area contributed by atoms with Gasteiger partial charge in [-0.25, -0.2) is 0 Å². The molecule has 5 atom stereocenters. The fourth-order valence-electron chi connectivity index (χ4n) is 6.58. The van der Waals surface area contributed by atoms with Gasteiger partial charge >= 0.3 is 11.9 Å². The van der Waals surface area contributed by atoms with Crippen LogP contribution in [0.25, 0.3) is 12.2 Å².